The van der Waals surface area contributed by atoms with Crippen LogP contribution in [0.4, 0.5) is 5.69 Å². The van der Waals surface area contributed by atoms with E-state index in [1.54, 1.807) is 30.3 Å². The number of thiophene rings is 1. The number of hydrogen-bond acceptors (Lipinski definition) is 3. The van der Waals surface area contributed by atoms with Crippen molar-refractivity contribution >= 4 is 77.2 Å². The molecule has 0 atom stereocenters. The molecule has 18 heavy (non-hydrogen) atoms. The molecule has 0 aliphatic rings. The van der Waals surface area contributed by atoms with Crippen LogP contribution in [0.15, 0.2) is 38.3 Å². The fourth-order valence-corrected chi connectivity index (χ4v) is 5.49. The van der Waals surface area contributed by atoms with Crippen molar-refractivity contribution < 1.29 is 8.42 Å². The van der Waals surface area contributed by atoms with Gasteiger partial charge in [0.15, 0.2) is 0 Å². The second-order valence-corrected chi connectivity index (χ2v) is 9.26. The van der Waals surface area contributed by atoms with Crippen LogP contribution in [0.25, 0.3) is 0 Å². The summed E-state index contributed by atoms with van der Waals surface area (Å²) in [5, 5.41) is 0.571. The van der Waals surface area contributed by atoms with E-state index >= 15 is 0 Å². The second-order valence-electron chi connectivity index (χ2n) is 3.29. The average molecular weight is 479 g/mol. The van der Waals surface area contributed by atoms with Gasteiger partial charge in [-0.05, 0) is 68.9 Å². The largest absolute Gasteiger partial charge is 0.278 e. The SMILES string of the molecule is O=S(=O)(Nc1ccc(Cl)cc1I)c1ccc(Br)s1. The summed E-state index contributed by atoms with van der Waals surface area (Å²) in [6, 6.07) is 8.24. The van der Waals surface area contributed by atoms with Crippen LogP contribution in [-0.2, 0) is 10.0 Å². The molecule has 3 nitrogen and oxygen atoms in total. The Labute approximate surface area is 136 Å². The van der Waals surface area contributed by atoms with Crippen LogP contribution in [0, 0.1) is 3.57 Å². The van der Waals surface area contributed by atoms with Crippen molar-refractivity contribution in [3.8, 4) is 0 Å². The highest BCUT2D eigenvalue weighted by atomic mass is 127. The third-order valence-corrected chi connectivity index (χ3v) is 6.60. The maximum Gasteiger partial charge on any atom is 0.271 e. The minimum atomic E-state index is -3.54. The summed E-state index contributed by atoms with van der Waals surface area (Å²) < 4.78 is 28.5. The van der Waals surface area contributed by atoms with Gasteiger partial charge in [0.1, 0.15) is 4.21 Å². The minimum absolute atomic E-state index is 0.264. The van der Waals surface area contributed by atoms with E-state index in [9.17, 15) is 8.42 Å². The van der Waals surface area contributed by atoms with Gasteiger partial charge in [0.05, 0.1) is 9.47 Å². The number of benzene rings is 1. The molecule has 2 aromatic rings. The highest BCUT2D eigenvalue weighted by Crippen LogP contribution is 2.29. The number of halogens is 3. The maximum atomic E-state index is 12.1. The average Bonchev–Trinajstić information content (AvgIpc) is 2.70. The van der Waals surface area contributed by atoms with Crippen molar-refractivity contribution in [2.45, 2.75) is 4.21 Å². The summed E-state index contributed by atoms with van der Waals surface area (Å²) in [5.41, 5.74) is 0.518. The first kappa shape index (κ1) is 14.6. The molecule has 0 fully saturated rings. The van der Waals surface area contributed by atoms with E-state index in [-0.39, 0.29) is 4.21 Å². The van der Waals surface area contributed by atoms with Gasteiger partial charge in [-0.2, -0.15) is 0 Å². The van der Waals surface area contributed by atoms with Gasteiger partial charge in [0, 0.05) is 8.59 Å². The highest BCUT2D eigenvalue weighted by molar-refractivity contribution is 14.1. The molecular weight excluding hydrogens is 473 g/mol. The van der Waals surface area contributed by atoms with E-state index in [1.165, 1.54) is 0 Å². The van der Waals surface area contributed by atoms with E-state index in [0.29, 0.717) is 10.7 Å². The molecule has 0 aliphatic carbocycles. The number of hydrogen-bond donors (Lipinski definition) is 1. The van der Waals surface area contributed by atoms with E-state index in [0.717, 1.165) is 18.7 Å². The van der Waals surface area contributed by atoms with Gasteiger partial charge in [0.25, 0.3) is 10.0 Å². The Kier molecular flexibility index (Phi) is 4.58. The first-order valence-corrected chi connectivity index (χ1v) is 9.16. The zero-order valence-electron chi connectivity index (χ0n) is 8.65. The summed E-state index contributed by atoms with van der Waals surface area (Å²) in [4.78, 5) is 0. The lowest BCUT2D eigenvalue weighted by Gasteiger charge is -2.08. The summed E-state index contributed by atoms with van der Waals surface area (Å²) in [6.07, 6.45) is 0. The minimum Gasteiger partial charge on any atom is -0.278 e. The zero-order valence-corrected chi connectivity index (χ0v) is 14.8. The monoisotopic (exact) mass is 477 g/mol. The molecule has 0 radical (unpaired) electrons. The van der Waals surface area contributed by atoms with Gasteiger partial charge >= 0.3 is 0 Å². The molecule has 0 amide bonds. The van der Waals surface area contributed by atoms with E-state index < -0.39 is 10.0 Å². The Morgan fingerprint density at radius 2 is 2.00 bits per heavy atom. The molecular formula is C10H6BrClINO2S2. The molecule has 2 rings (SSSR count). The fourth-order valence-electron chi connectivity index (χ4n) is 1.21. The Morgan fingerprint density at radius 3 is 2.56 bits per heavy atom. The van der Waals surface area contributed by atoms with Crippen molar-refractivity contribution in [3.63, 3.8) is 0 Å². The lowest BCUT2D eigenvalue weighted by atomic mass is 10.3. The number of sulfonamides is 1. The molecule has 0 aliphatic heterocycles. The highest BCUT2D eigenvalue weighted by Gasteiger charge is 2.17. The number of rotatable bonds is 3. The molecule has 0 unspecified atom stereocenters. The summed E-state index contributed by atoms with van der Waals surface area (Å²) in [5.74, 6) is 0. The van der Waals surface area contributed by atoms with Crippen LogP contribution >= 0.6 is 61.5 Å². The van der Waals surface area contributed by atoms with Gasteiger partial charge in [-0.1, -0.05) is 11.6 Å². The Morgan fingerprint density at radius 1 is 1.28 bits per heavy atom. The van der Waals surface area contributed by atoms with Crippen molar-refractivity contribution in [1.82, 2.24) is 0 Å². The molecule has 0 spiro atoms. The molecule has 1 aromatic heterocycles. The number of anilines is 1. The van der Waals surface area contributed by atoms with Crippen LogP contribution in [0.3, 0.4) is 0 Å². The van der Waals surface area contributed by atoms with Gasteiger partial charge in [0.2, 0.25) is 0 Å². The maximum absolute atomic E-state index is 12.1. The van der Waals surface area contributed by atoms with Crippen LogP contribution in [-0.4, -0.2) is 8.42 Å². The first-order chi connectivity index (χ1) is 8.38. The van der Waals surface area contributed by atoms with Gasteiger partial charge in [-0.3, -0.25) is 4.72 Å². The van der Waals surface area contributed by atoms with Gasteiger partial charge in [-0.25, -0.2) is 8.42 Å². The predicted octanol–water partition coefficient (Wildman–Crippen LogP) is 4.57. The standard InChI is InChI=1S/C10H6BrClINO2S2/c11-9-3-4-10(17-9)18(15,16)14-8-2-1-6(12)5-7(8)13/h1-5,14H. The third-order valence-electron chi connectivity index (χ3n) is 1.99. The molecule has 8 heteroatoms. The summed E-state index contributed by atoms with van der Waals surface area (Å²) >= 11 is 12.3. The fraction of sp³-hybridized carbons (Fsp3) is 0. The molecule has 0 saturated carbocycles. The number of nitrogens with one attached hydrogen (secondary N) is 1. The molecule has 0 saturated heterocycles. The quantitative estimate of drug-likeness (QED) is 0.657. The van der Waals surface area contributed by atoms with Crippen molar-refractivity contribution in [1.29, 1.82) is 0 Å². The van der Waals surface area contributed by atoms with Crippen LogP contribution in [0.1, 0.15) is 0 Å². The Balaban J connectivity index is 2.33. The summed E-state index contributed by atoms with van der Waals surface area (Å²) in [7, 11) is -3.54. The second kappa shape index (κ2) is 5.66. The van der Waals surface area contributed by atoms with Gasteiger partial charge in [-0.15, -0.1) is 11.3 Å². The Bertz CT molecular complexity index is 687. The Hall–Kier alpha value is 0.170. The first-order valence-electron chi connectivity index (χ1n) is 4.62. The molecule has 1 heterocycles. The molecule has 96 valence electrons. The van der Waals surface area contributed by atoms with E-state index in [4.69, 9.17) is 11.6 Å². The molecule has 0 bridgehead atoms. The van der Waals surface area contributed by atoms with E-state index in [1.807, 2.05) is 22.6 Å². The lowest BCUT2D eigenvalue weighted by molar-refractivity contribution is 0.603. The van der Waals surface area contributed by atoms with Crippen LogP contribution in [0.5, 0.6) is 0 Å². The zero-order chi connectivity index (χ0) is 13.3. The third kappa shape index (κ3) is 3.38. The van der Waals surface area contributed by atoms with E-state index in [2.05, 4.69) is 20.7 Å². The smallest absolute Gasteiger partial charge is 0.271 e. The lowest BCUT2D eigenvalue weighted by Crippen LogP contribution is -2.12. The van der Waals surface area contributed by atoms with Crippen LogP contribution < -0.4 is 4.72 Å². The topological polar surface area (TPSA) is 46.2 Å². The predicted molar refractivity (Wildman–Crippen MR) is 87.0 cm³/mol. The molecule has 1 aromatic carbocycles. The summed E-state index contributed by atoms with van der Waals surface area (Å²) in [6.45, 7) is 0. The van der Waals surface area contributed by atoms with Crippen LogP contribution in [0.2, 0.25) is 5.02 Å². The van der Waals surface area contributed by atoms with Crippen molar-refractivity contribution in [2.75, 3.05) is 4.72 Å². The van der Waals surface area contributed by atoms with Gasteiger partial charge < -0.3 is 0 Å². The van der Waals surface area contributed by atoms with Crippen molar-refractivity contribution in [3.05, 3.63) is 42.7 Å². The van der Waals surface area contributed by atoms with Crippen molar-refractivity contribution in [2.24, 2.45) is 0 Å². The normalized spacial score (nSPS) is 11.5. The molecule has 1 N–H and O–H groups in total.